The van der Waals surface area contributed by atoms with E-state index in [0.29, 0.717) is 26.8 Å². The molecule has 1 amide bonds. The second-order valence-electron chi connectivity index (χ2n) is 7.66. The molecule has 0 saturated carbocycles. The van der Waals surface area contributed by atoms with Gasteiger partial charge >= 0.3 is 0 Å². The summed E-state index contributed by atoms with van der Waals surface area (Å²) in [4.78, 5) is 27.8. The van der Waals surface area contributed by atoms with Crippen LogP contribution in [0.25, 0.3) is 22.4 Å². The summed E-state index contributed by atoms with van der Waals surface area (Å²) in [6.07, 6.45) is 2.00. The van der Waals surface area contributed by atoms with Gasteiger partial charge in [0.15, 0.2) is 0 Å². The number of hydrogen-bond donors (Lipinski definition) is 2. The lowest BCUT2D eigenvalue weighted by molar-refractivity contribution is -0.384. The zero-order valence-electron chi connectivity index (χ0n) is 18.2. The number of nitrogens with zero attached hydrogens (tertiary/aromatic N) is 3. The Kier molecular flexibility index (Phi) is 7.00. The fourth-order valence-corrected chi connectivity index (χ4v) is 3.83. The molecule has 0 unspecified atom stereocenters. The first kappa shape index (κ1) is 23.5. The number of unbranched alkanes of at least 4 members (excludes halogenated alkanes) is 1. The number of non-ortho nitro benzene ring substituents is 1. The molecular weight excluding hydrogens is 477 g/mol. The highest BCUT2D eigenvalue weighted by Gasteiger charge is 2.16. The van der Waals surface area contributed by atoms with E-state index in [-0.39, 0.29) is 11.6 Å². The molecule has 10 heteroatoms. The van der Waals surface area contributed by atoms with Crippen LogP contribution in [0.15, 0.2) is 60.7 Å². The van der Waals surface area contributed by atoms with E-state index in [1.807, 2.05) is 12.1 Å². The van der Waals surface area contributed by atoms with E-state index in [1.165, 1.54) is 24.3 Å². The van der Waals surface area contributed by atoms with Gasteiger partial charge in [-0.25, -0.2) is 4.98 Å². The van der Waals surface area contributed by atoms with Crippen LogP contribution in [-0.4, -0.2) is 20.4 Å². The molecular formula is C24H21Cl2N5O3. The molecule has 4 aromatic rings. The van der Waals surface area contributed by atoms with Gasteiger partial charge in [-0.15, -0.1) is 0 Å². The van der Waals surface area contributed by atoms with Crippen molar-refractivity contribution in [2.24, 2.45) is 0 Å². The maximum Gasteiger partial charge on any atom is 0.269 e. The number of nitro groups is 1. The van der Waals surface area contributed by atoms with Crippen LogP contribution < -0.4 is 10.9 Å². The molecule has 0 aliphatic rings. The number of imidazole rings is 1. The highest BCUT2D eigenvalue weighted by atomic mass is 35.5. The molecule has 0 aliphatic carbocycles. The zero-order valence-corrected chi connectivity index (χ0v) is 19.7. The number of hydrazine groups is 1. The van der Waals surface area contributed by atoms with Gasteiger partial charge in [0.05, 0.1) is 31.7 Å². The SMILES string of the molecule is CCCCn1c(-c2ccc(Cl)c(Cl)c2)nc2cc(C(=O)NNc3ccc([N+](=O)[O-])cc3)ccc21. The fourth-order valence-electron chi connectivity index (χ4n) is 3.54. The van der Waals surface area contributed by atoms with E-state index in [1.54, 1.807) is 24.3 Å². The Morgan fingerprint density at radius 3 is 2.50 bits per heavy atom. The summed E-state index contributed by atoms with van der Waals surface area (Å²) in [5.74, 6) is 0.392. The van der Waals surface area contributed by atoms with Crippen LogP contribution in [0, 0.1) is 10.1 Å². The van der Waals surface area contributed by atoms with Gasteiger partial charge in [-0.05, 0) is 55.0 Å². The summed E-state index contributed by atoms with van der Waals surface area (Å²) in [5, 5.41) is 11.7. The van der Waals surface area contributed by atoms with Crippen molar-refractivity contribution in [3.8, 4) is 11.4 Å². The van der Waals surface area contributed by atoms with Gasteiger partial charge in [0, 0.05) is 29.8 Å². The Morgan fingerprint density at radius 1 is 1.06 bits per heavy atom. The molecule has 0 atom stereocenters. The van der Waals surface area contributed by atoms with Crippen LogP contribution in [-0.2, 0) is 6.54 Å². The van der Waals surface area contributed by atoms with E-state index in [9.17, 15) is 14.9 Å². The summed E-state index contributed by atoms with van der Waals surface area (Å²) in [7, 11) is 0. The minimum atomic E-state index is -0.483. The van der Waals surface area contributed by atoms with Gasteiger partial charge in [0.25, 0.3) is 11.6 Å². The van der Waals surface area contributed by atoms with Crippen molar-refractivity contribution in [3.63, 3.8) is 0 Å². The van der Waals surface area contributed by atoms with Gasteiger partial charge in [-0.3, -0.25) is 25.8 Å². The average Bonchev–Trinajstić information content (AvgIpc) is 3.20. The Bertz CT molecular complexity index is 1370. The van der Waals surface area contributed by atoms with Gasteiger partial charge in [-0.1, -0.05) is 36.5 Å². The highest BCUT2D eigenvalue weighted by Crippen LogP contribution is 2.31. The first-order valence-corrected chi connectivity index (χ1v) is 11.4. The molecule has 0 fully saturated rings. The van der Waals surface area contributed by atoms with Crippen molar-refractivity contribution in [2.45, 2.75) is 26.3 Å². The van der Waals surface area contributed by atoms with Crippen molar-refractivity contribution in [1.82, 2.24) is 15.0 Å². The Hall–Kier alpha value is -3.62. The fraction of sp³-hybridized carbons (Fsp3) is 0.167. The molecule has 0 saturated heterocycles. The number of nitro benzene ring substituents is 1. The van der Waals surface area contributed by atoms with Crippen molar-refractivity contribution in [2.75, 3.05) is 5.43 Å². The second-order valence-corrected chi connectivity index (χ2v) is 8.47. The lowest BCUT2D eigenvalue weighted by atomic mass is 10.2. The summed E-state index contributed by atoms with van der Waals surface area (Å²) < 4.78 is 2.12. The van der Waals surface area contributed by atoms with E-state index >= 15 is 0 Å². The number of amides is 1. The van der Waals surface area contributed by atoms with E-state index in [4.69, 9.17) is 28.2 Å². The first-order chi connectivity index (χ1) is 16.4. The maximum atomic E-state index is 12.7. The topological polar surface area (TPSA) is 102 Å². The molecule has 3 aromatic carbocycles. The van der Waals surface area contributed by atoms with Crippen molar-refractivity contribution in [1.29, 1.82) is 0 Å². The number of carbonyl (C=O) groups is 1. The number of carbonyl (C=O) groups excluding carboxylic acids is 1. The third-order valence-corrected chi connectivity index (χ3v) is 6.06. The maximum absolute atomic E-state index is 12.7. The number of nitrogens with one attached hydrogen (secondary N) is 2. The van der Waals surface area contributed by atoms with E-state index < -0.39 is 4.92 Å². The molecule has 34 heavy (non-hydrogen) atoms. The molecule has 2 N–H and O–H groups in total. The third-order valence-electron chi connectivity index (χ3n) is 5.32. The van der Waals surface area contributed by atoms with Crippen LogP contribution in [0.2, 0.25) is 10.0 Å². The van der Waals surface area contributed by atoms with Crippen LogP contribution in [0.4, 0.5) is 11.4 Å². The molecule has 174 valence electrons. The van der Waals surface area contributed by atoms with Crippen LogP contribution >= 0.6 is 23.2 Å². The zero-order chi connectivity index (χ0) is 24.2. The smallest absolute Gasteiger partial charge is 0.269 e. The van der Waals surface area contributed by atoms with Crippen molar-refractivity contribution < 1.29 is 9.72 Å². The first-order valence-electron chi connectivity index (χ1n) is 10.6. The number of anilines is 1. The molecule has 0 bridgehead atoms. The summed E-state index contributed by atoms with van der Waals surface area (Å²) >= 11 is 12.3. The van der Waals surface area contributed by atoms with Crippen LogP contribution in [0.1, 0.15) is 30.1 Å². The van der Waals surface area contributed by atoms with Crippen LogP contribution in [0.5, 0.6) is 0 Å². The molecule has 0 radical (unpaired) electrons. The normalized spacial score (nSPS) is 10.9. The standard InChI is InChI=1S/C24H21Cl2N5O3/c1-2-3-12-30-22-11-5-16(24(32)29-28-17-6-8-18(9-7-17)31(33)34)14-21(22)27-23(30)15-4-10-19(25)20(26)13-15/h4-11,13-14,28H,2-3,12H2,1H3,(H,29,32). The predicted octanol–water partition coefficient (Wildman–Crippen LogP) is 6.48. The number of halogens is 2. The summed E-state index contributed by atoms with van der Waals surface area (Å²) in [6, 6.07) is 16.5. The van der Waals surface area contributed by atoms with Gasteiger partial charge in [-0.2, -0.15) is 0 Å². The largest absolute Gasteiger partial charge is 0.324 e. The van der Waals surface area contributed by atoms with Gasteiger partial charge in [0.2, 0.25) is 0 Å². The number of aromatic nitrogens is 2. The molecule has 0 aliphatic heterocycles. The van der Waals surface area contributed by atoms with Crippen molar-refractivity contribution in [3.05, 3.63) is 86.4 Å². The molecule has 8 nitrogen and oxygen atoms in total. The number of fused-ring (bicyclic) bond motifs is 1. The highest BCUT2D eigenvalue weighted by molar-refractivity contribution is 6.42. The van der Waals surface area contributed by atoms with Gasteiger partial charge < -0.3 is 4.57 Å². The minimum absolute atomic E-state index is 0.0289. The predicted molar refractivity (Wildman–Crippen MR) is 134 cm³/mol. The van der Waals surface area contributed by atoms with Gasteiger partial charge in [0.1, 0.15) is 5.82 Å². The summed E-state index contributed by atoms with van der Waals surface area (Å²) in [6.45, 7) is 2.90. The Morgan fingerprint density at radius 2 is 1.82 bits per heavy atom. The number of rotatable bonds is 8. The number of hydrogen-bond acceptors (Lipinski definition) is 5. The van der Waals surface area contributed by atoms with E-state index in [2.05, 4.69) is 22.3 Å². The molecule has 1 aromatic heterocycles. The molecule has 1 heterocycles. The monoisotopic (exact) mass is 497 g/mol. The second kappa shape index (κ2) is 10.1. The van der Waals surface area contributed by atoms with E-state index in [0.717, 1.165) is 36.3 Å². The Balaban J connectivity index is 1.60. The average molecular weight is 498 g/mol. The molecule has 4 rings (SSSR count). The van der Waals surface area contributed by atoms with Crippen molar-refractivity contribution >= 4 is 51.5 Å². The summed E-state index contributed by atoms with van der Waals surface area (Å²) in [5.41, 5.74) is 8.71. The lowest BCUT2D eigenvalue weighted by Gasteiger charge is -2.10. The quantitative estimate of drug-likeness (QED) is 0.214. The minimum Gasteiger partial charge on any atom is -0.324 e. The third kappa shape index (κ3) is 4.98. The number of benzene rings is 3. The Labute approximate surface area is 205 Å². The molecule has 0 spiro atoms. The van der Waals surface area contributed by atoms with Crippen LogP contribution in [0.3, 0.4) is 0 Å². The number of aryl methyl sites for hydroxylation is 1. The lowest BCUT2D eigenvalue weighted by Crippen LogP contribution is -2.29.